The molecule has 2 heterocycles. The molecule has 0 unspecified atom stereocenters. The number of hydrogen-bond donors (Lipinski definition) is 1. The number of nitrogens with zero attached hydrogens (tertiary/aromatic N) is 3. The molecule has 27 heavy (non-hydrogen) atoms. The van der Waals surface area contributed by atoms with Gasteiger partial charge in [0.2, 0.25) is 0 Å². The van der Waals surface area contributed by atoms with Crippen LogP contribution in [0.5, 0.6) is 0 Å². The van der Waals surface area contributed by atoms with Gasteiger partial charge in [0.15, 0.2) is 0 Å². The summed E-state index contributed by atoms with van der Waals surface area (Å²) in [5, 5.41) is 3.11. The normalized spacial score (nSPS) is 19.6. The molecule has 0 atom stereocenters. The average molecular weight is 370 g/mol. The Morgan fingerprint density at radius 2 is 2.15 bits per heavy atom. The van der Waals surface area contributed by atoms with Crippen LogP contribution in [0.3, 0.4) is 0 Å². The van der Waals surface area contributed by atoms with E-state index in [-0.39, 0.29) is 18.1 Å². The Morgan fingerprint density at radius 3 is 2.81 bits per heavy atom. The van der Waals surface area contributed by atoms with Crippen molar-refractivity contribution in [3.05, 3.63) is 48.7 Å². The van der Waals surface area contributed by atoms with Crippen LogP contribution in [0.25, 0.3) is 11.9 Å². The Morgan fingerprint density at radius 1 is 1.33 bits per heavy atom. The minimum absolute atomic E-state index is 0.144. The van der Waals surface area contributed by atoms with Crippen molar-refractivity contribution in [2.75, 3.05) is 20.3 Å². The molecule has 3 rings (SSSR count). The van der Waals surface area contributed by atoms with Crippen molar-refractivity contribution >= 4 is 12.0 Å². The molecule has 2 aromatic rings. The Kier molecular flexibility index (Phi) is 6.73. The molecule has 2 aromatic heterocycles. The van der Waals surface area contributed by atoms with Crippen molar-refractivity contribution in [3.63, 3.8) is 0 Å². The molecule has 0 aliphatic heterocycles. The molecule has 0 saturated heterocycles. The van der Waals surface area contributed by atoms with Gasteiger partial charge in [-0.15, -0.1) is 0 Å². The lowest BCUT2D eigenvalue weighted by Crippen LogP contribution is -2.39. The van der Waals surface area contributed by atoms with Gasteiger partial charge in [-0.25, -0.2) is 9.97 Å². The largest absolute Gasteiger partial charge is 0.382 e. The second-order valence-corrected chi connectivity index (χ2v) is 6.63. The Labute approximate surface area is 159 Å². The number of imidazole rings is 1. The third kappa shape index (κ3) is 5.24. The van der Waals surface area contributed by atoms with Gasteiger partial charge in [0, 0.05) is 25.5 Å². The van der Waals surface area contributed by atoms with Crippen molar-refractivity contribution in [3.8, 4) is 5.82 Å². The van der Waals surface area contributed by atoms with Gasteiger partial charge in [-0.05, 0) is 43.4 Å². The number of hydrogen-bond acceptors (Lipinski definition) is 5. The predicted octanol–water partition coefficient (Wildman–Crippen LogP) is 2.61. The maximum absolute atomic E-state index is 12.7. The fourth-order valence-corrected chi connectivity index (χ4v) is 3.23. The second-order valence-electron chi connectivity index (χ2n) is 6.63. The number of methoxy groups -OCH3 is 1. The summed E-state index contributed by atoms with van der Waals surface area (Å²) in [5.41, 5.74) is 1.23. The van der Waals surface area contributed by atoms with E-state index >= 15 is 0 Å². The first-order valence-corrected chi connectivity index (χ1v) is 9.24. The first-order chi connectivity index (χ1) is 13.2. The minimum Gasteiger partial charge on any atom is -0.382 e. The zero-order valence-corrected chi connectivity index (χ0v) is 15.6. The number of amides is 1. The standard InChI is InChI=1S/C20H26N4O3/c1-3-15-12-18(23-19(13-15)24-9-8-21-14-24)20(25)22-16-4-6-17(7-5-16)27-11-10-26-2/h3,8-9,12-14,16-17H,1,4-7,10-11H2,2H3,(H,22,25). The summed E-state index contributed by atoms with van der Waals surface area (Å²) in [7, 11) is 1.67. The molecule has 1 aliphatic rings. The Bertz CT molecular complexity index is 753. The minimum atomic E-state index is -0.163. The van der Waals surface area contributed by atoms with Gasteiger partial charge in [0.25, 0.3) is 5.91 Å². The lowest BCUT2D eigenvalue weighted by Gasteiger charge is -2.29. The summed E-state index contributed by atoms with van der Waals surface area (Å²) >= 11 is 0. The molecule has 7 heteroatoms. The smallest absolute Gasteiger partial charge is 0.270 e. The summed E-state index contributed by atoms with van der Waals surface area (Å²) in [6.45, 7) is 5.03. The average Bonchev–Trinajstić information content (AvgIpc) is 3.24. The maximum atomic E-state index is 12.7. The highest BCUT2D eigenvalue weighted by molar-refractivity contribution is 5.93. The fourth-order valence-electron chi connectivity index (χ4n) is 3.23. The van der Waals surface area contributed by atoms with E-state index in [2.05, 4.69) is 21.9 Å². The van der Waals surface area contributed by atoms with Crippen LogP contribution in [0.2, 0.25) is 0 Å². The van der Waals surface area contributed by atoms with Crippen LogP contribution in [-0.2, 0) is 9.47 Å². The van der Waals surface area contributed by atoms with Gasteiger partial charge in [-0.1, -0.05) is 12.7 Å². The summed E-state index contributed by atoms with van der Waals surface area (Å²) in [6, 6.07) is 3.77. The molecule has 144 valence electrons. The van der Waals surface area contributed by atoms with Crippen molar-refractivity contribution in [2.45, 2.75) is 37.8 Å². The van der Waals surface area contributed by atoms with Crippen molar-refractivity contribution < 1.29 is 14.3 Å². The molecule has 1 amide bonds. The van der Waals surface area contributed by atoms with Crippen molar-refractivity contribution in [1.82, 2.24) is 19.9 Å². The SMILES string of the molecule is C=Cc1cc(C(=O)NC2CCC(OCCOC)CC2)nc(-n2ccnc2)c1. The third-order valence-electron chi connectivity index (χ3n) is 4.72. The number of carbonyl (C=O) groups is 1. The van der Waals surface area contributed by atoms with E-state index in [0.29, 0.717) is 24.7 Å². The third-order valence-corrected chi connectivity index (χ3v) is 4.72. The van der Waals surface area contributed by atoms with E-state index in [0.717, 1.165) is 31.2 Å². The van der Waals surface area contributed by atoms with Crippen LogP contribution in [0.15, 0.2) is 37.4 Å². The number of nitrogens with one attached hydrogen (secondary N) is 1. The van der Waals surface area contributed by atoms with Gasteiger partial charge >= 0.3 is 0 Å². The van der Waals surface area contributed by atoms with Crippen LogP contribution < -0.4 is 5.32 Å². The number of rotatable bonds is 8. The van der Waals surface area contributed by atoms with E-state index in [1.165, 1.54) is 0 Å². The zero-order valence-electron chi connectivity index (χ0n) is 15.6. The molecule has 1 fully saturated rings. The Hall–Kier alpha value is -2.51. The summed E-state index contributed by atoms with van der Waals surface area (Å²) in [6.07, 6.45) is 10.8. The number of pyridine rings is 1. The van der Waals surface area contributed by atoms with Gasteiger partial charge in [-0.3, -0.25) is 9.36 Å². The first-order valence-electron chi connectivity index (χ1n) is 9.24. The van der Waals surface area contributed by atoms with Gasteiger partial charge < -0.3 is 14.8 Å². The molecule has 7 nitrogen and oxygen atoms in total. The van der Waals surface area contributed by atoms with Gasteiger partial charge in [0.1, 0.15) is 17.8 Å². The quantitative estimate of drug-likeness (QED) is 0.723. The molecule has 0 bridgehead atoms. The van der Waals surface area contributed by atoms with Gasteiger partial charge in [0.05, 0.1) is 19.3 Å². The lowest BCUT2D eigenvalue weighted by molar-refractivity contribution is -0.00409. The molecule has 1 N–H and O–H groups in total. The van der Waals surface area contributed by atoms with E-state index in [4.69, 9.17) is 9.47 Å². The van der Waals surface area contributed by atoms with E-state index in [9.17, 15) is 4.79 Å². The second kappa shape index (κ2) is 9.43. The zero-order chi connectivity index (χ0) is 19.1. The first kappa shape index (κ1) is 19.3. The van der Waals surface area contributed by atoms with Crippen LogP contribution in [0.4, 0.5) is 0 Å². The molecule has 0 radical (unpaired) electrons. The van der Waals surface area contributed by atoms with Crippen molar-refractivity contribution in [1.29, 1.82) is 0 Å². The Balaban J connectivity index is 1.60. The van der Waals surface area contributed by atoms with Crippen LogP contribution in [-0.4, -0.2) is 52.9 Å². The number of carbonyl (C=O) groups excluding carboxylic acids is 1. The predicted molar refractivity (Wildman–Crippen MR) is 103 cm³/mol. The lowest BCUT2D eigenvalue weighted by atomic mass is 9.93. The summed E-state index contributed by atoms with van der Waals surface area (Å²) < 4.78 is 12.6. The highest BCUT2D eigenvalue weighted by Crippen LogP contribution is 2.22. The number of aromatic nitrogens is 3. The molecule has 1 saturated carbocycles. The van der Waals surface area contributed by atoms with E-state index < -0.39 is 0 Å². The van der Waals surface area contributed by atoms with Gasteiger partial charge in [-0.2, -0.15) is 0 Å². The molecular formula is C20H26N4O3. The monoisotopic (exact) mass is 370 g/mol. The number of ether oxygens (including phenoxy) is 2. The molecule has 1 aliphatic carbocycles. The van der Waals surface area contributed by atoms with Crippen LogP contribution in [0, 0.1) is 0 Å². The topological polar surface area (TPSA) is 78.3 Å². The maximum Gasteiger partial charge on any atom is 0.270 e. The highest BCUT2D eigenvalue weighted by atomic mass is 16.5. The molecule has 0 spiro atoms. The van der Waals surface area contributed by atoms with Crippen LogP contribution >= 0.6 is 0 Å². The van der Waals surface area contributed by atoms with Crippen molar-refractivity contribution in [2.24, 2.45) is 0 Å². The van der Waals surface area contributed by atoms with Crippen LogP contribution in [0.1, 0.15) is 41.7 Å². The highest BCUT2D eigenvalue weighted by Gasteiger charge is 2.23. The summed E-state index contributed by atoms with van der Waals surface area (Å²) in [4.78, 5) is 21.2. The molecular weight excluding hydrogens is 344 g/mol. The van der Waals surface area contributed by atoms with E-state index in [1.807, 2.05) is 6.07 Å². The fraction of sp³-hybridized carbons (Fsp3) is 0.450. The van der Waals surface area contributed by atoms with E-state index in [1.54, 1.807) is 42.5 Å². The summed E-state index contributed by atoms with van der Waals surface area (Å²) in [5.74, 6) is 0.481. The molecule has 0 aromatic carbocycles.